The van der Waals surface area contributed by atoms with Gasteiger partial charge in [-0.3, -0.25) is 4.68 Å². The number of nitrogens with zero attached hydrogens (tertiary/aromatic N) is 2. The molecule has 3 nitrogen and oxygen atoms in total. The highest BCUT2D eigenvalue weighted by Crippen LogP contribution is 2.26. The third-order valence-electron chi connectivity index (χ3n) is 2.98. The first-order valence-electron chi connectivity index (χ1n) is 5.62. The maximum absolute atomic E-state index is 13.2. The number of rotatable bonds is 3. The molecule has 4 heteroatoms. The molecule has 0 aliphatic rings. The molecule has 0 amide bonds. The highest BCUT2D eigenvalue weighted by Gasteiger charge is 2.25. The van der Waals surface area contributed by atoms with Crippen LogP contribution in [0.15, 0.2) is 36.7 Å². The number of benzene rings is 1. The third kappa shape index (κ3) is 2.22. The molecule has 2 rings (SSSR count). The molecule has 17 heavy (non-hydrogen) atoms. The Morgan fingerprint density at radius 2 is 2.18 bits per heavy atom. The second-order valence-electron chi connectivity index (χ2n) is 4.30. The van der Waals surface area contributed by atoms with Crippen LogP contribution in [0.5, 0.6) is 0 Å². The topological polar surface area (TPSA) is 43.8 Å². The van der Waals surface area contributed by atoms with E-state index in [9.17, 15) is 4.39 Å². The van der Waals surface area contributed by atoms with Gasteiger partial charge in [-0.15, -0.1) is 0 Å². The van der Waals surface area contributed by atoms with Crippen molar-refractivity contribution in [2.75, 3.05) is 0 Å². The summed E-state index contributed by atoms with van der Waals surface area (Å²) in [4.78, 5) is 0. The maximum atomic E-state index is 13.2. The molecule has 90 valence electrons. The lowest BCUT2D eigenvalue weighted by molar-refractivity contribution is 0.579. The predicted octanol–water partition coefficient (Wildman–Crippen LogP) is 2.26. The monoisotopic (exact) mass is 233 g/mol. The molecular formula is C13H16FN3. The number of hydrogen-bond donors (Lipinski definition) is 1. The molecule has 2 aromatic rings. The van der Waals surface area contributed by atoms with Gasteiger partial charge >= 0.3 is 0 Å². The minimum Gasteiger partial charge on any atom is -0.318 e. The number of nitrogens with two attached hydrogens (primary N) is 1. The fourth-order valence-electron chi connectivity index (χ4n) is 1.78. The standard InChI is InChI=1S/C13H16FN3/c1-3-17-9-11(8-16-17)13(2,15)10-5-4-6-12(14)7-10/h4-9H,3,15H2,1-2H3. The molecule has 0 spiro atoms. The van der Waals surface area contributed by atoms with Crippen LogP contribution in [-0.4, -0.2) is 9.78 Å². The van der Waals surface area contributed by atoms with E-state index in [4.69, 9.17) is 5.73 Å². The zero-order valence-electron chi connectivity index (χ0n) is 10.0. The molecule has 1 atom stereocenters. The van der Waals surface area contributed by atoms with E-state index in [1.807, 2.05) is 26.1 Å². The van der Waals surface area contributed by atoms with Crippen molar-refractivity contribution in [1.82, 2.24) is 9.78 Å². The first kappa shape index (κ1) is 11.8. The van der Waals surface area contributed by atoms with Gasteiger partial charge in [0.2, 0.25) is 0 Å². The molecule has 1 aromatic heterocycles. The van der Waals surface area contributed by atoms with Crippen LogP contribution in [0.2, 0.25) is 0 Å². The van der Waals surface area contributed by atoms with Gasteiger partial charge in [-0.05, 0) is 31.5 Å². The van der Waals surface area contributed by atoms with Gasteiger partial charge in [-0.2, -0.15) is 5.10 Å². The van der Waals surface area contributed by atoms with Crippen LogP contribution < -0.4 is 5.73 Å². The summed E-state index contributed by atoms with van der Waals surface area (Å²) in [6.07, 6.45) is 3.62. The van der Waals surface area contributed by atoms with E-state index in [1.54, 1.807) is 16.9 Å². The van der Waals surface area contributed by atoms with Gasteiger partial charge in [0, 0.05) is 18.3 Å². The van der Waals surface area contributed by atoms with Gasteiger partial charge in [-0.1, -0.05) is 12.1 Å². The molecule has 0 bridgehead atoms. The Bertz CT molecular complexity index is 517. The Labute approximate surface area is 100 Å². The second-order valence-corrected chi connectivity index (χ2v) is 4.30. The van der Waals surface area contributed by atoms with Crippen molar-refractivity contribution in [3.8, 4) is 0 Å². The summed E-state index contributed by atoms with van der Waals surface area (Å²) in [7, 11) is 0. The minimum atomic E-state index is -0.727. The van der Waals surface area contributed by atoms with Gasteiger partial charge in [0.1, 0.15) is 5.82 Å². The van der Waals surface area contributed by atoms with Crippen LogP contribution in [0.3, 0.4) is 0 Å². The molecule has 2 N–H and O–H groups in total. The van der Waals surface area contributed by atoms with Crippen LogP contribution in [0, 0.1) is 5.82 Å². The lowest BCUT2D eigenvalue weighted by Gasteiger charge is -2.23. The first-order valence-corrected chi connectivity index (χ1v) is 5.62. The first-order chi connectivity index (χ1) is 8.04. The summed E-state index contributed by atoms with van der Waals surface area (Å²) >= 11 is 0. The number of aromatic nitrogens is 2. The fraction of sp³-hybridized carbons (Fsp3) is 0.308. The van der Waals surface area contributed by atoms with E-state index >= 15 is 0 Å². The molecule has 0 fully saturated rings. The Morgan fingerprint density at radius 3 is 2.76 bits per heavy atom. The smallest absolute Gasteiger partial charge is 0.123 e. The highest BCUT2D eigenvalue weighted by molar-refractivity contribution is 5.34. The van der Waals surface area contributed by atoms with Crippen molar-refractivity contribution in [3.63, 3.8) is 0 Å². The Morgan fingerprint density at radius 1 is 1.41 bits per heavy atom. The van der Waals surface area contributed by atoms with Crippen LogP contribution in [0.25, 0.3) is 0 Å². The van der Waals surface area contributed by atoms with Crippen molar-refractivity contribution in [2.24, 2.45) is 5.73 Å². The summed E-state index contributed by atoms with van der Waals surface area (Å²) in [5, 5.41) is 4.19. The average molecular weight is 233 g/mol. The van der Waals surface area contributed by atoms with Crippen molar-refractivity contribution in [3.05, 3.63) is 53.6 Å². The van der Waals surface area contributed by atoms with Crippen molar-refractivity contribution < 1.29 is 4.39 Å². The van der Waals surface area contributed by atoms with Gasteiger partial charge in [0.05, 0.1) is 11.7 Å². The van der Waals surface area contributed by atoms with Crippen molar-refractivity contribution in [1.29, 1.82) is 0 Å². The molecule has 0 saturated carbocycles. The number of halogens is 1. The van der Waals surface area contributed by atoms with Crippen LogP contribution >= 0.6 is 0 Å². The van der Waals surface area contributed by atoms with Crippen LogP contribution in [0.1, 0.15) is 25.0 Å². The summed E-state index contributed by atoms with van der Waals surface area (Å²) in [6, 6.07) is 6.37. The predicted molar refractivity (Wildman–Crippen MR) is 64.9 cm³/mol. The van der Waals surface area contributed by atoms with Crippen LogP contribution in [0.4, 0.5) is 4.39 Å². The lowest BCUT2D eigenvalue weighted by Crippen LogP contribution is -2.34. The molecule has 0 aliphatic heterocycles. The molecule has 0 radical (unpaired) electrons. The Balaban J connectivity index is 2.41. The normalized spacial score (nSPS) is 14.6. The van der Waals surface area contributed by atoms with Crippen molar-refractivity contribution in [2.45, 2.75) is 25.9 Å². The van der Waals surface area contributed by atoms with E-state index in [0.717, 1.165) is 17.7 Å². The summed E-state index contributed by atoms with van der Waals surface area (Å²) in [6.45, 7) is 4.66. The van der Waals surface area contributed by atoms with Gasteiger partial charge in [0.15, 0.2) is 0 Å². The third-order valence-corrected chi connectivity index (χ3v) is 2.98. The fourth-order valence-corrected chi connectivity index (χ4v) is 1.78. The largest absolute Gasteiger partial charge is 0.318 e. The highest BCUT2D eigenvalue weighted by atomic mass is 19.1. The lowest BCUT2D eigenvalue weighted by atomic mass is 9.88. The summed E-state index contributed by atoms with van der Waals surface area (Å²) in [5.41, 5.74) is 7.17. The quantitative estimate of drug-likeness (QED) is 0.883. The Hall–Kier alpha value is -1.68. The molecule has 1 aromatic carbocycles. The molecule has 0 saturated heterocycles. The summed E-state index contributed by atoms with van der Waals surface area (Å²) in [5.74, 6) is -0.276. The maximum Gasteiger partial charge on any atom is 0.123 e. The molecule has 1 unspecified atom stereocenters. The van der Waals surface area contributed by atoms with E-state index in [1.165, 1.54) is 12.1 Å². The zero-order chi connectivity index (χ0) is 12.5. The van der Waals surface area contributed by atoms with E-state index in [2.05, 4.69) is 5.10 Å². The zero-order valence-corrected chi connectivity index (χ0v) is 10.0. The van der Waals surface area contributed by atoms with Gasteiger partial charge in [-0.25, -0.2) is 4.39 Å². The van der Waals surface area contributed by atoms with Gasteiger partial charge < -0.3 is 5.73 Å². The van der Waals surface area contributed by atoms with E-state index < -0.39 is 5.54 Å². The van der Waals surface area contributed by atoms with Crippen molar-refractivity contribution >= 4 is 0 Å². The second kappa shape index (κ2) is 4.30. The Kier molecular flexibility index (Phi) is 2.98. The number of aryl methyl sites for hydroxylation is 1. The van der Waals surface area contributed by atoms with E-state index in [-0.39, 0.29) is 5.82 Å². The van der Waals surface area contributed by atoms with E-state index in [0.29, 0.717) is 0 Å². The SMILES string of the molecule is CCn1cc(C(C)(N)c2cccc(F)c2)cn1. The number of hydrogen-bond acceptors (Lipinski definition) is 2. The van der Waals surface area contributed by atoms with Crippen LogP contribution in [-0.2, 0) is 12.1 Å². The molecule has 0 aliphatic carbocycles. The minimum absolute atomic E-state index is 0.276. The summed E-state index contributed by atoms with van der Waals surface area (Å²) < 4.78 is 15.0. The van der Waals surface area contributed by atoms with Gasteiger partial charge in [0.25, 0.3) is 0 Å². The molecule has 1 heterocycles. The average Bonchev–Trinajstić information content (AvgIpc) is 2.78. The molecular weight excluding hydrogens is 217 g/mol.